The highest BCUT2D eigenvalue weighted by atomic mass is 35.5. The van der Waals surface area contributed by atoms with E-state index in [9.17, 15) is 9.59 Å². The van der Waals surface area contributed by atoms with E-state index in [1.807, 2.05) is 0 Å². The third-order valence-electron chi connectivity index (χ3n) is 2.76. The monoisotopic (exact) mass is 331 g/mol. The second kappa shape index (κ2) is 5.24. The maximum atomic E-state index is 12.2. The molecule has 0 aliphatic heterocycles. The van der Waals surface area contributed by atoms with Crippen molar-refractivity contribution in [1.82, 2.24) is 5.32 Å². The van der Waals surface area contributed by atoms with Gasteiger partial charge >= 0.3 is 5.97 Å². The Hall–Kier alpha value is -1.30. The molecule has 1 aromatic heterocycles. The lowest BCUT2D eigenvalue weighted by Gasteiger charge is -2.20. The zero-order valence-electron chi connectivity index (χ0n) is 10.7. The molecular weight excluding hydrogens is 321 g/mol. The molecule has 0 aliphatic carbocycles. The highest BCUT2D eigenvalue weighted by Gasteiger charge is 2.31. The van der Waals surface area contributed by atoms with Gasteiger partial charge in [-0.1, -0.05) is 29.3 Å². The van der Waals surface area contributed by atoms with Crippen molar-refractivity contribution in [2.75, 3.05) is 0 Å². The van der Waals surface area contributed by atoms with E-state index in [-0.39, 0.29) is 4.88 Å². The summed E-state index contributed by atoms with van der Waals surface area (Å²) >= 11 is 13.2. The second-order valence-corrected chi connectivity index (χ2v) is 6.64. The fraction of sp³-hybridized carbons (Fsp3) is 0.231. The van der Waals surface area contributed by atoms with E-state index in [1.165, 1.54) is 25.2 Å². The summed E-state index contributed by atoms with van der Waals surface area (Å²) in [4.78, 5) is 23.5. The Morgan fingerprint density at radius 1 is 1.30 bits per heavy atom. The Bertz CT molecular complexity index is 709. The minimum Gasteiger partial charge on any atom is -0.480 e. The lowest BCUT2D eigenvalue weighted by molar-refractivity contribution is -0.143. The van der Waals surface area contributed by atoms with Crippen LogP contribution in [0.2, 0.25) is 10.0 Å². The van der Waals surface area contributed by atoms with E-state index in [0.717, 1.165) is 10.1 Å². The number of hydrogen-bond acceptors (Lipinski definition) is 3. The predicted octanol–water partition coefficient (Wildman–Crippen LogP) is 3.80. The van der Waals surface area contributed by atoms with Crippen molar-refractivity contribution in [2.24, 2.45) is 0 Å². The van der Waals surface area contributed by atoms with E-state index in [1.54, 1.807) is 18.2 Å². The number of nitrogens with one attached hydrogen (secondary N) is 1. The SMILES string of the molecule is CC(C)(NC(=O)c1sc2cc(Cl)ccc2c1Cl)C(=O)O. The third-order valence-corrected chi connectivity index (χ3v) is 4.65. The van der Waals surface area contributed by atoms with Crippen LogP contribution in [0.4, 0.5) is 0 Å². The molecule has 0 atom stereocenters. The van der Waals surface area contributed by atoms with Crippen molar-refractivity contribution in [3.8, 4) is 0 Å². The first-order chi connectivity index (χ1) is 9.22. The standard InChI is InChI=1S/C13H11Cl2NO3S/c1-13(2,12(18)19)16-11(17)10-9(15)7-4-3-6(14)5-8(7)20-10/h3-5H,1-2H3,(H,16,17)(H,18,19). The van der Waals surface area contributed by atoms with Crippen LogP contribution in [-0.2, 0) is 4.79 Å². The zero-order chi connectivity index (χ0) is 15.1. The quantitative estimate of drug-likeness (QED) is 0.898. The van der Waals surface area contributed by atoms with E-state index < -0.39 is 17.4 Å². The van der Waals surface area contributed by atoms with Gasteiger partial charge in [-0.15, -0.1) is 11.3 Å². The molecule has 0 spiro atoms. The number of carbonyl (C=O) groups is 2. The second-order valence-electron chi connectivity index (χ2n) is 4.77. The van der Waals surface area contributed by atoms with E-state index in [0.29, 0.717) is 10.0 Å². The normalized spacial score (nSPS) is 11.6. The van der Waals surface area contributed by atoms with Crippen LogP contribution >= 0.6 is 34.5 Å². The van der Waals surface area contributed by atoms with Gasteiger partial charge in [0.1, 0.15) is 10.4 Å². The van der Waals surface area contributed by atoms with Crippen molar-refractivity contribution in [3.63, 3.8) is 0 Å². The maximum absolute atomic E-state index is 12.2. The van der Waals surface area contributed by atoms with E-state index >= 15 is 0 Å². The van der Waals surface area contributed by atoms with Gasteiger partial charge < -0.3 is 10.4 Å². The van der Waals surface area contributed by atoms with Gasteiger partial charge in [0.15, 0.2) is 0 Å². The molecule has 0 aliphatic rings. The van der Waals surface area contributed by atoms with Gasteiger partial charge in [0.25, 0.3) is 5.91 Å². The van der Waals surface area contributed by atoms with Crippen molar-refractivity contribution in [2.45, 2.75) is 19.4 Å². The van der Waals surface area contributed by atoms with Gasteiger partial charge in [-0.05, 0) is 26.0 Å². The fourth-order valence-corrected chi connectivity index (χ4v) is 3.27. The smallest absolute Gasteiger partial charge is 0.328 e. The minimum absolute atomic E-state index is 0.276. The average molecular weight is 332 g/mol. The van der Waals surface area contributed by atoms with E-state index in [4.69, 9.17) is 28.3 Å². The van der Waals surface area contributed by atoms with Gasteiger partial charge in [0.2, 0.25) is 0 Å². The molecular formula is C13H11Cl2NO3S. The fourth-order valence-electron chi connectivity index (χ4n) is 1.58. The van der Waals surface area contributed by atoms with Crippen molar-refractivity contribution in [1.29, 1.82) is 0 Å². The van der Waals surface area contributed by atoms with Gasteiger partial charge in [-0.2, -0.15) is 0 Å². The summed E-state index contributed by atoms with van der Waals surface area (Å²) in [6.07, 6.45) is 0. The molecule has 1 amide bonds. The molecule has 0 fully saturated rings. The van der Waals surface area contributed by atoms with Crippen molar-refractivity contribution >= 4 is 56.5 Å². The predicted molar refractivity (Wildman–Crippen MR) is 81.0 cm³/mol. The Morgan fingerprint density at radius 3 is 2.55 bits per heavy atom. The number of aliphatic carboxylic acids is 1. The average Bonchev–Trinajstić information content (AvgIpc) is 2.65. The van der Waals surface area contributed by atoms with Crippen LogP contribution in [0, 0.1) is 0 Å². The van der Waals surface area contributed by atoms with Crippen LogP contribution in [0.3, 0.4) is 0 Å². The van der Waals surface area contributed by atoms with Crippen LogP contribution in [-0.4, -0.2) is 22.5 Å². The molecule has 7 heteroatoms. The first-order valence-corrected chi connectivity index (χ1v) is 7.23. The summed E-state index contributed by atoms with van der Waals surface area (Å²) < 4.78 is 0.779. The summed E-state index contributed by atoms with van der Waals surface area (Å²) in [6.45, 7) is 2.82. The number of carboxylic acids is 1. The summed E-state index contributed by atoms with van der Waals surface area (Å²) in [7, 11) is 0. The number of carboxylic acid groups (broad SMARTS) is 1. The van der Waals surface area contributed by atoms with Gasteiger partial charge in [0.05, 0.1) is 5.02 Å². The molecule has 20 heavy (non-hydrogen) atoms. The molecule has 2 rings (SSSR count). The number of fused-ring (bicyclic) bond motifs is 1. The molecule has 2 aromatic rings. The molecule has 2 N–H and O–H groups in total. The Balaban J connectivity index is 2.41. The number of halogens is 2. The van der Waals surface area contributed by atoms with Crippen molar-refractivity contribution in [3.05, 3.63) is 33.1 Å². The Morgan fingerprint density at radius 2 is 1.95 bits per heavy atom. The van der Waals surface area contributed by atoms with Gasteiger partial charge in [-0.25, -0.2) is 4.79 Å². The largest absolute Gasteiger partial charge is 0.480 e. The number of carbonyl (C=O) groups excluding carboxylic acids is 1. The molecule has 0 saturated heterocycles. The summed E-state index contributed by atoms with van der Waals surface area (Å²) in [5.74, 6) is -1.63. The summed E-state index contributed by atoms with van der Waals surface area (Å²) in [5, 5.41) is 13.0. The number of thiophene rings is 1. The van der Waals surface area contributed by atoms with E-state index in [2.05, 4.69) is 5.32 Å². The summed E-state index contributed by atoms with van der Waals surface area (Å²) in [6, 6.07) is 5.13. The molecule has 1 aromatic carbocycles. The first-order valence-electron chi connectivity index (χ1n) is 5.66. The first kappa shape index (κ1) is 15.1. The van der Waals surface area contributed by atoms with Crippen LogP contribution < -0.4 is 5.32 Å². The number of amides is 1. The van der Waals surface area contributed by atoms with Crippen LogP contribution in [0.15, 0.2) is 18.2 Å². The number of rotatable bonds is 3. The lowest BCUT2D eigenvalue weighted by atomic mass is 10.1. The molecule has 4 nitrogen and oxygen atoms in total. The highest BCUT2D eigenvalue weighted by Crippen LogP contribution is 2.36. The van der Waals surface area contributed by atoms with Crippen molar-refractivity contribution < 1.29 is 14.7 Å². The van der Waals surface area contributed by atoms with Gasteiger partial charge in [-0.3, -0.25) is 4.79 Å². The zero-order valence-corrected chi connectivity index (χ0v) is 13.0. The minimum atomic E-state index is -1.37. The molecule has 1 heterocycles. The Labute approximate surface area is 129 Å². The Kier molecular flexibility index (Phi) is 3.95. The maximum Gasteiger partial charge on any atom is 0.328 e. The van der Waals surface area contributed by atoms with Crippen LogP contribution in [0.25, 0.3) is 10.1 Å². The third kappa shape index (κ3) is 2.75. The number of benzene rings is 1. The highest BCUT2D eigenvalue weighted by molar-refractivity contribution is 7.21. The molecule has 0 saturated carbocycles. The molecule has 106 valence electrons. The molecule has 0 bridgehead atoms. The lowest BCUT2D eigenvalue weighted by Crippen LogP contribution is -2.49. The summed E-state index contributed by atoms with van der Waals surface area (Å²) in [5.41, 5.74) is -1.37. The molecule has 0 radical (unpaired) electrons. The van der Waals surface area contributed by atoms with Gasteiger partial charge in [0, 0.05) is 15.1 Å². The number of hydrogen-bond donors (Lipinski definition) is 2. The van der Waals surface area contributed by atoms with Crippen LogP contribution in [0.1, 0.15) is 23.5 Å². The topological polar surface area (TPSA) is 66.4 Å². The van der Waals surface area contributed by atoms with Crippen LogP contribution in [0.5, 0.6) is 0 Å². The molecule has 0 unspecified atom stereocenters.